The number of Topliss-reactive ketones (excluding diaryl/α,β-unsaturated/α-hetero) is 1. The highest BCUT2D eigenvalue weighted by Gasteiger charge is 2.25. The largest absolute Gasteiger partial charge is 0.520 e. The minimum Gasteiger partial charge on any atom is -0.520 e. The van der Waals surface area contributed by atoms with Gasteiger partial charge in [-0.25, -0.2) is 0 Å². The topological polar surface area (TPSA) is 61.8 Å². The van der Waals surface area contributed by atoms with Crippen molar-refractivity contribution in [2.24, 2.45) is 5.92 Å². The van der Waals surface area contributed by atoms with Gasteiger partial charge in [-0.2, -0.15) is 0 Å². The molecule has 26 heavy (non-hydrogen) atoms. The van der Waals surface area contributed by atoms with Gasteiger partial charge in [0.05, 0.1) is 12.5 Å². The molecule has 154 valence electrons. The van der Waals surface area contributed by atoms with Gasteiger partial charge in [0.15, 0.2) is 0 Å². The Hall–Kier alpha value is -0.506. The maximum Gasteiger partial charge on any atom is 0.295 e. The molecule has 0 saturated carbocycles. The van der Waals surface area contributed by atoms with E-state index < -0.39 is 16.4 Å². The Morgan fingerprint density at radius 1 is 0.923 bits per heavy atom. The van der Waals surface area contributed by atoms with Crippen LogP contribution in [0.25, 0.3) is 0 Å². The smallest absolute Gasteiger partial charge is 0.295 e. The van der Waals surface area contributed by atoms with Gasteiger partial charge in [-0.1, -0.05) is 26.6 Å². The van der Waals surface area contributed by atoms with E-state index in [0.29, 0.717) is 25.9 Å². The van der Waals surface area contributed by atoms with Crippen molar-refractivity contribution in [2.75, 3.05) is 20.0 Å². The minimum absolute atomic E-state index is 0.0921. The Morgan fingerprint density at radius 3 is 2.08 bits per heavy atom. The number of hydrogen-bond donors (Lipinski definition) is 0. The monoisotopic (exact) mass is 404 g/mol. The van der Waals surface area contributed by atoms with Crippen LogP contribution in [0.3, 0.4) is 0 Å². The lowest BCUT2D eigenvalue weighted by Crippen LogP contribution is -2.32. The Balaban J connectivity index is 3.77. The number of ketones is 1. The molecule has 0 fully saturated rings. The van der Waals surface area contributed by atoms with Crippen LogP contribution in [0, 0.1) is 5.92 Å². The second kappa shape index (κ2) is 12.8. The zero-order valence-electron chi connectivity index (χ0n) is 18.0. The molecule has 0 spiro atoms. The summed E-state index contributed by atoms with van der Waals surface area (Å²) in [5.74, 6) is -0.0102. The highest BCUT2D eigenvalue weighted by atomic mass is 28.4. The molecule has 0 radical (unpaired) electrons. The SMILES string of the molecule is CCC(CCCC(=O)CCOCOCC[Si](C)(C)C)C(=O)O[Si](C)(C)C. The summed E-state index contributed by atoms with van der Waals surface area (Å²) in [4.78, 5) is 24.0. The number of rotatable bonds is 15. The van der Waals surface area contributed by atoms with Crippen molar-refractivity contribution in [1.82, 2.24) is 0 Å². The van der Waals surface area contributed by atoms with Crippen molar-refractivity contribution in [1.29, 1.82) is 0 Å². The van der Waals surface area contributed by atoms with Crippen molar-refractivity contribution in [3.63, 3.8) is 0 Å². The van der Waals surface area contributed by atoms with Crippen LogP contribution in [0.1, 0.15) is 39.0 Å². The van der Waals surface area contributed by atoms with Gasteiger partial charge in [-0.05, 0) is 44.9 Å². The van der Waals surface area contributed by atoms with E-state index in [4.69, 9.17) is 13.9 Å². The van der Waals surface area contributed by atoms with E-state index in [-0.39, 0.29) is 24.5 Å². The van der Waals surface area contributed by atoms with Gasteiger partial charge >= 0.3 is 0 Å². The lowest BCUT2D eigenvalue weighted by molar-refractivity contribution is -0.140. The van der Waals surface area contributed by atoms with Crippen LogP contribution in [-0.4, -0.2) is 48.2 Å². The summed E-state index contributed by atoms with van der Waals surface area (Å²) in [6.07, 6.45) is 3.11. The third kappa shape index (κ3) is 15.7. The van der Waals surface area contributed by atoms with E-state index >= 15 is 0 Å². The van der Waals surface area contributed by atoms with Gasteiger partial charge < -0.3 is 13.9 Å². The molecular formula is C19H40O5Si2. The quantitative estimate of drug-likeness (QED) is 0.222. The molecule has 1 unspecified atom stereocenters. The highest BCUT2D eigenvalue weighted by Crippen LogP contribution is 2.18. The van der Waals surface area contributed by atoms with Gasteiger partial charge in [0.2, 0.25) is 8.32 Å². The van der Waals surface area contributed by atoms with Crippen LogP contribution in [-0.2, 0) is 23.5 Å². The summed E-state index contributed by atoms with van der Waals surface area (Å²) in [5.41, 5.74) is 0. The third-order valence-corrected chi connectivity index (χ3v) is 6.45. The van der Waals surface area contributed by atoms with Gasteiger partial charge in [-0.15, -0.1) is 0 Å². The summed E-state index contributed by atoms with van der Waals surface area (Å²) >= 11 is 0. The Morgan fingerprint density at radius 2 is 1.54 bits per heavy atom. The van der Waals surface area contributed by atoms with Crippen LogP contribution >= 0.6 is 0 Å². The van der Waals surface area contributed by atoms with E-state index in [1.165, 1.54) is 0 Å². The predicted molar refractivity (Wildman–Crippen MR) is 112 cm³/mol. The van der Waals surface area contributed by atoms with Crippen LogP contribution in [0.2, 0.25) is 45.3 Å². The van der Waals surface area contributed by atoms with Crippen LogP contribution in [0.5, 0.6) is 0 Å². The second-order valence-electron chi connectivity index (χ2n) is 9.06. The van der Waals surface area contributed by atoms with Gasteiger partial charge in [0.25, 0.3) is 5.97 Å². The van der Waals surface area contributed by atoms with Crippen LogP contribution in [0.4, 0.5) is 0 Å². The average Bonchev–Trinajstić information content (AvgIpc) is 2.47. The Kier molecular flexibility index (Phi) is 12.6. The molecule has 0 aliphatic rings. The van der Waals surface area contributed by atoms with E-state index in [0.717, 1.165) is 25.5 Å². The summed E-state index contributed by atoms with van der Waals surface area (Å²) < 4.78 is 16.4. The van der Waals surface area contributed by atoms with Gasteiger partial charge in [-0.3, -0.25) is 9.59 Å². The zero-order valence-corrected chi connectivity index (χ0v) is 20.0. The summed E-state index contributed by atoms with van der Waals surface area (Å²) in [6.45, 7) is 16.3. The molecule has 7 heteroatoms. The number of carbonyl (C=O) groups excluding carboxylic acids is 2. The molecule has 0 rings (SSSR count). The van der Waals surface area contributed by atoms with E-state index in [9.17, 15) is 9.59 Å². The minimum atomic E-state index is -1.85. The fraction of sp³-hybridized carbons (Fsp3) is 0.895. The van der Waals surface area contributed by atoms with E-state index in [1.54, 1.807) is 0 Å². The standard InChI is InChI=1S/C19H40O5Si2/c1-8-17(19(21)24-26(5,6)7)10-9-11-18(20)12-13-22-16-23-14-15-25(2,3)4/h17H,8-16H2,1-7H3. The Bertz CT molecular complexity index is 413. The fourth-order valence-corrected chi connectivity index (χ4v) is 3.81. The average molecular weight is 405 g/mol. The normalized spacial score (nSPS) is 13.5. The molecule has 1 atom stereocenters. The number of hydrogen-bond acceptors (Lipinski definition) is 5. The molecule has 0 aromatic rings. The summed E-state index contributed by atoms with van der Waals surface area (Å²) in [5, 5.41) is 0. The maximum absolute atomic E-state index is 12.1. The fourth-order valence-electron chi connectivity index (χ4n) is 2.29. The van der Waals surface area contributed by atoms with E-state index in [2.05, 4.69) is 19.6 Å². The molecule has 0 N–H and O–H groups in total. The number of ether oxygens (including phenoxy) is 2. The van der Waals surface area contributed by atoms with E-state index in [1.807, 2.05) is 26.6 Å². The predicted octanol–water partition coefficient (Wildman–Crippen LogP) is 4.85. The zero-order chi connectivity index (χ0) is 20.2. The lowest BCUT2D eigenvalue weighted by Gasteiger charge is -2.22. The molecule has 0 saturated heterocycles. The molecule has 5 nitrogen and oxygen atoms in total. The highest BCUT2D eigenvalue weighted by molar-refractivity contribution is 6.76. The Labute approximate surface area is 162 Å². The molecule has 0 aliphatic carbocycles. The molecule has 0 bridgehead atoms. The van der Waals surface area contributed by atoms with Crippen molar-refractivity contribution in [3.8, 4) is 0 Å². The van der Waals surface area contributed by atoms with Crippen LogP contribution < -0.4 is 0 Å². The maximum atomic E-state index is 12.1. The lowest BCUT2D eigenvalue weighted by atomic mass is 9.98. The molecule has 0 aromatic heterocycles. The second-order valence-corrected chi connectivity index (χ2v) is 19.1. The first-order valence-corrected chi connectivity index (χ1v) is 17.0. The summed E-state index contributed by atoms with van der Waals surface area (Å²) in [6, 6.07) is 1.12. The first-order valence-electron chi connectivity index (χ1n) is 9.84. The van der Waals surface area contributed by atoms with Crippen molar-refractivity contribution in [3.05, 3.63) is 0 Å². The molecule has 0 aliphatic heterocycles. The molecule has 0 amide bonds. The van der Waals surface area contributed by atoms with Gasteiger partial charge in [0.1, 0.15) is 12.6 Å². The molecule has 0 heterocycles. The van der Waals surface area contributed by atoms with Crippen molar-refractivity contribution < 1.29 is 23.5 Å². The number of carbonyl (C=O) groups is 2. The summed E-state index contributed by atoms with van der Waals surface area (Å²) in [7, 11) is -2.90. The molecular weight excluding hydrogens is 364 g/mol. The van der Waals surface area contributed by atoms with Crippen molar-refractivity contribution in [2.45, 2.75) is 84.4 Å². The first kappa shape index (κ1) is 25.5. The third-order valence-electron chi connectivity index (χ3n) is 3.93. The molecule has 0 aromatic carbocycles. The van der Waals surface area contributed by atoms with Crippen LogP contribution in [0.15, 0.2) is 0 Å². The van der Waals surface area contributed by atoms with Crippen molar-refractivity contribution >= 4 is 28.1 Å². The first-order chi connectivity index (χ1) is 11.9. The van der Waals surface area contributed by atoms with Gasteiger partial charge in [0, 0.05) is 27.5 Å².